The Hall–Kier alpha value is -3.02. The van der Waals surface area contributed by atoms with Crippen molar-refractivity contribution in [2.75, 3.05) is 25.7 Å². The average molecular weight is 365 g/mol. The molecule has 0 aromatic heterocycles. The molecular formula is C21H23N3O3. The van der Waals surface area contributed by atoms with Crippen LogP contribution < -0.4 is 14.4 Å². The minimum Gasteiger partial charge on any atom is -0.495 e. The van der Waals surface area contributed by atoms with Crippen molar-refractivity contribution >= 4 is 23.2 Å². The van der Waals surface area contributed by atoms with E-state index in [4.69, 9.17) is 14.5 Å². The second-order valence-electron chi connectivity index (χ2n) is 6.63. The third-order valence-corrected chi connectivity index (χ3v) is 5.10. The van der Waals surface area contributed by atoms with E-state index in [1.165, 1.54) is 0 Å². The standard InChI is InChI=1S/C21H23N3O3/c1-26-18-12-5-3-9-15(18)22-21-23-14-8-7-11-17(23)20(25)24(21)16-10-4-6-13-19(16)27-2/h3-6,9-10,12-13,17H,7-8,11,14H2,1-2H3. The van der Waals surface area contributed by atoms with Crippen molar-refractivity contribution in [3.05, 3.63) is 48.5 Å². The van der Waals surface area contributed by atoms with Crippen LogP contribution >= 0.6 is 0 Å². The van der Waals surface area contributed by atoms with Gasteiger partial charge in [0.25, 0.3) is 5.91 Å². The number of guanidine groups is 1. The van der Waals surface area contributed by atoms with Gasteiger partial charge in [-0.25, -0.2) is 9.89 Å². The van der Waals surface area contributed by atoms with Crippen LogP contribution in [0.2, 0.25) is 0 Å². The highest BCUT2D eigenvalue weighted by Gasteiger charge is 2.46. The third kappa shape index (κ3) is 3.01. The van der Waals surface area contributed by atoms with Crippen molar-refractivity contribution in [1.29, 1.82) is 0 Å². The van der Waals surface area contributed by atoms with Crippen LogP contribution in [0.15, 0.2) is 53.5 Å². The molecule has 2 aliphatic rings. The van der Waals surface area contributed by atoms with Crippen LogP contribution in [0.3, 0.4) is 0 Å². The number of methoxy groups -OCH3 is 2. The molecule has 0 N–H and O–H groups in total. The quantitative estimate of drug-likeness (QED) is 0.831. The van der Waals surface area contributed by atoms with Crippen molar-refractivity contribution in [3.8, 4) is 11.5 Å². The Morgan fingerprint density at radius 3 is 2.44 bits per heavy atom. The van der Waals surface area contributed by atoms with Gasteiger partial charge >= 0.3 is 0 Å². The monoisotopic (exact) mass is 365 g/mol. The number of nitrogens with zero attached hydrogens (tertiary/aromatic N) is 3. The Labute approximate surface area is 159 Å². The van der Waals surface area contributed by atoms with E-state index in [0.717, 1.165) is 25.8 Å². The molecule has 1 unspecified atom stereocenters. The molecule has 2 aromatic carbocycles. The van der Waals surface area contributed by atoms with Crippen molar-refractivity contribution in [2.45, 2.75) is 25.3 Å². The van der Waals surface area contributed by atoms with E-state index in [-0.39, 0.29) is 11.9 Å². The zero-order valence-corrected chi connectivity index (χ0v) is 15.6. The maximum atomic E-state index is 13.3. The smallest absolute Gasteiger partial charge is 0.256 e. The Kier molecular flexibility index (Phi) is 4.71. The van der Waals surface area contributed by atoms with E-state index in [1.54, 1.807) is 19.1 Å². The number of benzene rings is 2. The van der Waals surface area contributed by atoms with Crippen LogP contribution in [-0.4, -0.2) is 43.6 Å². The van der Waals surface area contributed by atoms with Gasteiger partial charge in [-0.1, -0.05) is 24.3 Å². The van der Waals surface area contributed by atoms with Crippen LogP contribution in [-0.2, 0) is 4.79 Å². The van der Waals surface area contributed by atoms with Gasteiger partial charge in [0.1, 0.15) is 23.2 Å². The number of amides is 1. The summed E-state index contributed by atoms with van der Waals surface area (Å²) in [7, 11) is 3.24. The lowest BCUT2D eigenvalue weighted by Crippen LogP contribution is -2.39. The molecule has 2 heterocycles. The number of carbonyl (C=O) groups is 1. The predicted molar refractivity (Wildman–Crippen MR) is 105 cm³/mol. The van der Waals surface area contributed by atoms with Crippen molar-refractivity contribution in [2.24, 2.45) is 4.99 Å². The van der Waals surface area contributed by atoms with Gasteiger partial charge in [-0.05, 0) is 43.5 Å². The maximum Gasteiger partial charge on any atom is 0.256 e. The Morgan fingerprint density at radius 1 is 0.963 bits per heavy atom. The fourth-order valence-corrected chi connectivity index (χ4v) is 3.79. The number of hydrogen-bond acceptors (Lipinski definition) is 4. The van der Waals surface area contributed by atoms with Gasteiger partial charge in [-0.2, -0.15) is 0 Å². The number of hydrogen-bond donors (Lipinski definition) is 0. The summed E-state index contributed by atoms with van der Waals surface area (Å²) in [6, 6.07) is 15.0. The van der Waals surface area contributed by atoms with Gasteiger partial charge in [0.05, 0.1) is 19.9 Å². The first kappa shape index (κ1) is 17.4. The van der Waals surface area contributed by atoms with E-state index in [9.17, 15) is 4.79 Å². The largest absolute Gasteiger partial charge is 0.495 e. The van der Waals surface area contributed by atoms with E-state index in [2.05, 4.69) is 4.90 Å². The van der Waals surface area contributed by atoms with Gasteiger partial charge in [-0.15, -0.1) is 0 Å². The van der Waals surface area contributed by atoms with Crippen LogP contribution in [0.4, 0.5) is 11.4 Å². The number of anilines is 1. The maximum absolute atomic E-state index is 13.3. The number of ether oxygens (including phenoxy) is 2. The third-order valence-electron chi connectivity index (χ3n) is 5.10. The van der Waals surface area contributed by atoms with E-state index < -0.39 is 0 Å². The number of aliphatic imine (C=N–C) groups is 1. The fourth-order valence-electron chi connectivity index (χ4n) is 3.79. The first-order chi connectivity index (χ1) is 13.2. The molecular weight excluding hydrogens is 342 g/mol. The Bertz CT molecular complexity index is 880. The zero-order chi connectivity index (χ0) is 18.8. The second kappa shape index (κ2) is 7.31. The second-order valence-corrected chi connectivity index (χ2v) is 6.63. The minimum atomic E-state index is -0.169. The molecule has 0 spiro atoms. The zero-order valence-electron chi connectivity index (χ0n) is 15.6. The molecule has 4 rings (SSSR count). The van der Waals surface area contributed by atoms with E-state index in [0.29, 0.717) is 28.8 Å². The molecule has 2 aliphatic heterocycles. The molecule has 6 heteroatoms. The highest BCUT2D eigenvalue weighted by atomic mass is 16.5. The summed E-state index contributed by atoms with van der Waals surface area (Å²) in [5.74, 6) is 2.02. The van der Waals surface area contributed by atoms with Gasteiger partial charge in [0, 0.05) is 6.54 Å². The molecule has 27 heavy (non-hydrogen) atoms. The van der Waals surface area contributed by atoms with Gasteiger partial charge in [0.15, 0.2) is 0 Å². The molecule has 2 fully saturated rings. The van der Waals surface area contributed by atoms with Crippen LogP contribution in [0.1, 0.15) is 19.3 Å². The number of para-hydroxylation sites is 4. The molecule has 6 nitrogen and oxygen atoms in total. The summed E-state index contributed by atoms with van der Waals surface area (Å²) in [5.41, 5.74) is 1.42. The molecule has 0 saturated carbocycles. The van der Waals surface area contributed by atoms with Crippen LogP contribution in [0.5, 0.6) is 11.5 Å². The predicted octanol–water partition coefficient (Wildman–Crippen LogP) is 3.59. The first-order valence-corrected chi connectivity index (χ1v) is 9.20. The summed E-state index contributed by atoms with van der Waals surface area (Å²) >= 11 is 0. The molecule has 0 radical (unpaired) electrons. The highest BCUT2D eigenvalue weighted by Crippen LogP contribution is 2.37. The molecule has 0 bridgehead atoms. The number of piperidine rings is 1. The Balaban J connectivity index is 1.86. The van der Waals surface area contributed by atoms with E-state index >= 15 is 0 Å². The summed E-state index contributed by atoms with van der Waals surface area (Å²) < 4.78 is 11.0. The summed E-state index contributed by atoms with van der Waals surface area (Å²) in [5, 5.41) is 0. The SMILES string of the molecule is COc1ccccc1N=C1N(c2ccccc2OC)C(=O)C2CCCCN12. The normalized spacial score (nSPS) is 20.7. The fraction of sp³-hybridized carbons (Fsp3) is 0.333. The molecule has 2 aromatic rings. The van der Waals surface area contributed by atoms with Crippen molar-refractivity contribution in [1.82, 2.24) is 4.90 Å². The van der Waals surface area contributed by atoms with E-state index in [1.807, 2.05) is 48.5 Å². The number of rotatable bonds is 4. The Morgan fingerprint density at radius 2 is 1.67 bits per heavy atom. The molecule has 2 saturated heterocycles. The number of carbonyl (C=O) groups excluding carboxylic acids is 1. The van der Waals surface area contributed by atoms with Gasteiger partial charge in [-0.3, -0.25) is 4.79 Å². The minimum absolute atomic E-state index is 0.0489. The van der Waals surface area contributed by atoms with Crippen molar-refractivity contribution in [3.63, 3.8) is 0 Å². The average Bonchev–Trinajstić information content (AvgIpc) is 3.00. The van der Waals surface area contributed by atoms with Gasteiger partial charge in [0.2, 0.25) is 5.96 Å². The summed E-state index contributed by atoms with van der Waals surface area (Å²) in [6.07, 6.45) is 2.94. The first-order valence-electron chi connectivity index (χ1n) is 9.20. The topological polar surface area (TPSA) is 54.4 Å². The molecule has 140 valence electrons. The lowest BCUT2D eigenvalue weighted by atomic mass is 10.0. The molecule has 0 aliphatic carbocycles. The number of fused-ring (bicyclic) bond motifs is 1. The highest BCUT2D eigenvalue weighted by molar-refractivity contribution is 6.24. The van der Waals surface area contributed by atoms with Crippen molar-refractivity contribution < 1.29 is 14.3 Å². The lowest BCUT2D eigenvalue weighted by molar-refractivity contribution is -0.120. The molecule has 1 atom stereocenters. The molecule has 1 amide bonds. The van der Waals surface area contributed by atoms with Gasteiger partial charge < -0.3 is 14.4 Å². The lowest BCUT2D eigenvalue weighted by Gasteiger charge is -2.28. The van der Waals surface area contributed by atoms with Crippen LogP contribution in [0, 0.1) is 0 Å². The summed E-state index contributed by atoms with van der Waals surface area (Å²) in [4.78, 5) is 22.0. The van der Waals surface area contributed by atoms with Crippen LogP contribution in [0.25, 0.3) is 0 Å². The summed E-state index contributed by atoms with van der Waals surface area (Å²) in [6.45, 7) is 0.816.